The first-order valence-corrected chi connectivity index (χ1v) is 7.95. The molecule has 0 spiro atoms. The first-order valence-electron chi connectivity index (χ1n) is 7.95. The van der Waals surface area contributed by atoms with Crippen LogP contribution in [0.15, 0.2) is 43.0 Å². The summed E-state index contributed by atoms with van der Waals surface area (Å²) in [4.78, 5) is 6.76. The molecule has 0 aliphatic carbocycles. The van der Waals surface area contributed by atoms with Crippen molar-refractivity contribution >= 4 is 0 Å². The molecular formula is C16H19N7. The molecule has 3 heterocycles. The second-order valence-corrected chi connectivity index (χ2v) is 5.81. The third-order valence-corrected chi connectivity index (χ3v) is 4.36. The molecule has 1 saturated heterocycles. The number of hydrogen-bond acceptors (Lipinski definition) is 5. The average Bonchev–Trinajstić information content (AvgIpc) is 3.28. The zero-order valence-electron chi connectivity index (χ0n) is 12.8. The van der Waals surface area contributed by atoms with Gasteiger partial charge in [0.05, 0.1) is 12.6 Å². The minimum atomic E-state index is 0.271. The Morgan fingerprint density at radius 2 is 2.09 bits per heavy atom. The van der Waals surface area contributed by atoms with Crippen LogP contribution in [0.3, 0.4) is 0 Å². The molecule has 23 heavy (non-hydrogen) atoms. The molecule has 1 N–H and O–H groups in total. The lowest BCUT2D eigenvalue weighted by Gasteiger charge is -2.33. The van der Waals surface area contributed by atoms with Crippen molar-refractivity contribution in [3.8, 4) is 5.69 Å². The van der Waals surface area contributed by atoms with Gasteiger partial charge in [0.25, 0.3) is 0 Å². The van der Waals surface area contributed by atoms with E-state index in [1.165, 1.54) is 12.8 Å². The van der Waals surface area contributed by atoms with Crippen LogP contribution in [0, 0.1) is 0 Å². The SMILES string of the molecule is c1ccc(-n2cnnc2CN2CCCC[C@@H]2c2ncn[nH]2)cc1. The highest BCUT2D eigenvalue weighted by Crippen LogP contribution is 2.29. The van der Waals surface area contributed by atoms with Crippen LogP contribution >= 0.6 is 0 Å². The normalized spacial score (nSPS) is 19.0. The van der Waals surface area contributed by atoms with E-state index in [1.54, 1.807) is 12.7 Å². The van der Waals surface area contributed by atoms with Gasteiger partial charge in [-0.25, -0.2) is 4.98 Å². The van der Waals surface area contributed by atoms with Gasteiger partial charge in [-0.15, -0.1) is 10.2 Å². The summed E-state index contributed by atoms with van der Waals surface area (Å²) in [5.74, 6) is 1.89. The lowest BCUT2D eigenvalue weighted by atomic mass is 10.0. The number of piperidine rings is 1. The number of benzene rings is 1. The zero-order chi connectivity index (χ0) is 15.5. The minimum absolute atomic E-state index is 0.271. The number of H-pyrrole nitrogens is 1. The van der Waals surface area contributed by atoms with Gasteiger partial charge >= 0.3 is 0 Å². The highest BCUT2D eigenvalue weighted by atomic mass is 15.3. The maximum Gasteiger partial charge on any atom is 0.151 e. The summed E-state index contributed by atoms with van der Waals surface area (Å²) in [6.45, 7) is 1.78. The van der Waals surface area contributed by atoms with Gasteiger partial charge in [-0.05, 0) is 31.5 Å². The number of para-hydroxylation sites is 1. The molecule has 1 aliphatic heterocycles. The van der Waals surface area contributed by atoms with Gasteiger partial charge in [0, 0.05) is 5.69 Å². The van der Waals surface area contributed by atoms with Crippen LogP contribution in [0.2, 0.25) is 0 Å². The fourth-order valence-corrected chi connectivity index (χ4v) is 3.22. The number of nitrogens with zero attached hydrogens (tertiary/aromatic N) is 6. The molecule has 4 rings (SSSR count). The summed E-state index contributed by atoms with van der Waals surface area (Å²) in [5, 5.41) is 15.4. The fourth-order valence-electron chi connectivity index (χ4n) is 3.22. The molecule has 1 aliphatic rings. The molecule has 0 amide bonds. The lowest BCUT2D eigenvalue weighted by Crippen LogP contribution is -2.34. The van der Waals surface area contributed by atoms with Gasteiger partial charge < -0.3 is 0 Å². The van der Waals surface area contributed by atoms with E-state index < -0.39 is 0 Å². The Morgan fingerprint density at radius 3 is 2.91 bits per heavy atom. The van der Waals surface area contributed by atoms with Gasteiger partial charge in [0.15, 0.2) is 5.82 Å². The van der Waals surface area contributed by atoms with Crippen molar-refractivity contribution in [2.75, 3.05) is 6.54 Å². The van der Waals surface area contributed by atoms with Gasteiger partial charge in [-0.1, -0.05) is 24.6 Å². The molecule has 1 atom stereocenters. The van der Waals surface area contributed by atoms with Crippen LogP contribution in [-0.2, 0) is 6.54 Å². The Labute approximate surface area is 134 Å². The molecule has 118 valence electrons. The number of aromatic amines is 1. The van der Waals surface area contributed by atoms with Crippen molar-refractivity contribution in [1.82, 2.24) is 34.8 Å². The van der Waals surface area contributed by atoms with E-state index in [9.17, 15) is 0 Å². The maximum absolute atomic E-state index is 4.35. The van der Waals surface area contributed by atoms with Crippen LogP contribution in [0.4, 0.5) is 0 Å². The van der Waals surface area contributed by atoms with E-state index in [2.05, 4.69) is 42.4 Å². The largest absolute Gasteiger partial charge is 0.286 e. The van der Waals surface area contributed by atoms with E-state index >= 15 is 0 Å². The molecule has 1 aromatic carbocycles. The molecule has 0 radical (unpaired) electrons. The zero-order valence-corrected chi connectivity index (χ0v) is 12.8. The fraction of sp³-hybridized carbons (Fsp3) is 0.375. The van der Waals surface area contributed by atoms with E-state index in [0.717, 1.165) is 36.8 Å². The molecule has 0 saturated carbocycles. The first-order chi connectivity index (χ1) is 11.4. The molecule has 1 fully saturated rings. The Hall–Kier alpha value is -2.54. The van der Waals surface area contributed by atoms with Crippen molar-refractivity contribution in [1.29, 1.82) is 0 Å². The Balaban J connectivity index is 1.59. The molecule has 7 nitrogen and oxygen atoms in total. The monoisotopic (exact) mass is 309 g/mol. The maximum atomic E-state index is 4.35. The predicted octanol–water partition coefficient (Wildman–Crippen LogP) is 2.11. The van der Waals surface area contributed by atoms with Crippen molar-refractivity contribution in [3.63, 3.8) is 0 Å². The third-order valence-electron chi connectivity index (χ3n) is 4.36. The quantitative estimate of drug-likeness (QED) is 0.799. The van der Waals surface area contributed by atoms with Crippen LogP contribution < -0.4 is 0 Å². The molecule has 3 aromatic rings. The highest BCUT2D eigenvalue weighted by molar-refractivity contribution is 5.32. The van der Waals surface area contributed by atoms with Gasteiger partial charge in [-0.2, -0.15) is 5.10 Å². The van der Waals surface area contributed by atoms with Gasteiger partial charge in [0.2, 0.25) is 0 Å². The summed E-state index contributed by atoms with van der Waals surface area (Å²) < 4.78 is 2.05. The number of likely N-dealkylation sites (tertiary alicyclic amines) is 1. The second-order valence-electron chi connectivity index (χ2n) is 5.81. The molecule has 2 aromatic heterocycles. The van der Waals surface area contributed by atoms with Crippen molar-refractivity contribution < 1.29 is 0 Å². The van der Waals surface area contributed by atoms with Crippen LogP contribution in [-0.4, -0.2) is 41.4 Å². The molecule has 7 heteroatoms. The Bertz CT molecular complexity index is 735. The first kappa shape index (κ1) is 14.1. The van der Waals surface area contributed by atoms with Crippen molar-refractivity contribution in [2.24, 2.45) is 0 Å². The van der Waals surface area contributed by atoms with E-state index in [0.29, 0.717) is 0 Å². The Kier molecular flexibility index (Phi) is 3.85. The second kappa shape index (κ2) is 6.29. The summed E-state index contributed by atoms with van der Waals surface area (Å²) >= 11 is 0. The summed E-state index contributed by atoms with van der Waals surface area (Å²) in [6, 6.07) is 10.5. The number of nitrogens with one attached hydrogen (secondary N) is 1. The number of aromatic nitrogens is 6. The molecule has 0 bridgehead atoms. The third kappa shape index (κ3) is 2.87. The minimum Gasteiger partial charge on any atom is -0.286 e. The van der Waals surface area contributed by atoms with E-state index in [4.69, 9.17) is 0 Å². The molecular weight excluding hydrogens is 290 g/mol. The topological polar surface area (TPSA) is 75.5 Å². The highest BCUT2D eigenvalue weighted by Gasteiger charge is 2.27. The molecule has 0 unspecified atom stereocenters. The summed E-state index contributed by atoms with van der Waals surface area (Å²) in [5.41, 5.74) is 1.08. The standard InChI is InChI=1S/C16H19N7/c1-2-6-13(7-3-1)23-12-19-20-15(23)10-22-9-5-4-8-14(22)16-17-11-18-21-16/h1-3,6-7,11-12,14H,4-5,8-10H2,(H,17,18,21)/t14-/m1/s1. The van der Waals surface area contributed by atoms with E-state index in [-0.39, 0.29) is 6.04 Å². The van der Waals surface area contributed by atoms with E-state index in [1.807, 2.05) is 22.8 Å². The number of rotatable bonds is 4. The van der Waals surface area contributed by atoms with Crippen molar-refractivity contribution in [3.05, 3.63) is 54.6 Å². The van der Waals surface area contributed by atoms with Gasteiger partial charge in [0.1, 0.15) is 18.5 Å². The van der Waals surface area contributed by atoms with Crippen LogP contribution in [0.5, 0.6) is 0 Å². The smallest absolute Gasteiger partial charge is 0.151 e. The van der Waals surface area contributed by atoms with Gasteiger partial charge in [-0.3, -0.25) is 14.6 Å². The average molecular weight is 309 g/mol. The predicted molar refractivity (Wildman–Crippen MR) is 84.7 cm³/mol. The lowest BCUT2D eigenvalue weighted by molar-refractivity contribution is 0.130. The van der Waals surface area contributed by atoms with Crippen LogP contribution in [0.1, 0.15) is 37.0 Å². The summed E-state index contributed by atoms with van der Waals surface area (Å²) in [7, 11) is 0. The summed E-state index contributed by atoms with van der Waals surface area (Å²) in [6.07, 6.45) is 6.86. The van der Waals surface area contributed by atoms with Crippen LogP contribution in [0.25, 0.3) is 5.69 Å². The van der Waals surface area contributed by atoms with Crippen molar-refractivity contribution in [2.45, 2.75) is 31.8 Å². The number of hydrogen-bond donors (Lipinski definition) is 1. The Morgan fingerprint density at radius 1 is 1.17 bits per heavy atom.